The number of hydrogen-bond donors (Lipinski definition) is 3. The molecule has 0 bridgehead atoms. The number of amides is 2. The van der Waals surface area contributed by atoms with E-state index in [0.29, 0.717) is 13.1 Å². The third-order valence-electron chi connectivity index (χ3n) is 3.58. The molecule has 2 heterocycles. The van der Waals surface area contributed by atoms with Crippen LogP contribution in [0.25, 0.3) is 0 Å². The molecule has 0 saturated carbocycles. The number of piperazine rings is 1. The Morgan fingerprint density at radius 1 is 1.21 bits per heavy atom. The minimum absolute atomic E-state index is 0.0660. The Morgan fingerprint density at radius 2 is 1.84 bits per heavy atom. The summed E-state index contributed by atoms with van der Waals surface area (Å²) in [7, 11) is 2.01. The zero-order valence-electron chi connectivity index (χ0n) is 10.9. The van der Waals surface area contributed by atoms with Crippen LogP contribution in [0.2, 0.25) is 0 Å². The monoisotopic (exact) mass is 272 g/mol. The second-order valence-electron chi connectivity index (χ2n) is 5.10. The molecule has 0 spiro atoms. The van der Waals surface area contributed by atoms with Crippen molar-refractivity contribution in [2.24, 2.45) is 0 Å². The minimum atomic E-state index is -1.08. The van der Waals surface area contributed by atoms with E-state index in [1.165, 1.54) is 4.90 Å². The van der Waals surface area contributed by atoms with Crippen molar-refractivity contribution in [3.05, 3.63) is 0 Å². The fourth-order valence-electron chi connectivity index (χ4n) is 2.39. The number of nitrogens with zero attached hydrogens (tertiary/aromatic N) is 3. The lowest BCUT2D eigenvalue weighted by atomic mass is 10.2. The second-order valence-corrected chi connectivity index (χ2v) is 5.10. The van der Waals surface area contributed by atoms with Crippen molar-refractivity contribution in [1.82, 2.24) is 20.2 Å². The normalized spacial score (nSPS) is 29.5. The molecule has 2 saturated heterocycles. The summed E-state index contributed by atoms with van der Waals surface area (Å²) in [5.41, 5.74) is 2.71. The number of carbonyl (C=O) groups excluding carboxylic acids is 1. The zero-order valence-corrected chi connectivity index (χ0v) is 10.9. The third-order valence-corrected chi connectivity index (χ3v) is 3.58. The molecule has 2 aliphatic heterocycles. The van der Waals surface area contributed by atoms with Gasteiger partial charge in [-0.2, -0.15) is 0 Å². The molecule has 8 heteroatoms. The number of hydrogen-bond acceptors (Lipinski definition) is 5. The van der Waals surface area contributed by atoms with Crippen LogP contribution in [-0.2, 0) is 4.79 Å². The van der Waals surface area contributed by atoms with E-state index in [1.807, 2.05) is 7.05 Å². The van der Waals surface area contributed by atoms with Gasteiger partial charge < -0.3 is 20.0 Å². The van der Waals surface area contributed by atoms with E-state index >= 15 is 0 Å². The van der Waals surface area contributed by atoms with Crippen LogP contribution in [0, 0.1) is 0 Å². The summed E-state index contributed by atoms with van der Waals surface area (Å²) in [6.07, 6.45) is -0.676. The summed E-state index contributed by atoms with van der Waals surface area (Å²) in [5, 5.41) is 20.3. The summed E-state index contributed by atoms with van der Waals surface area (Å²) >= 11 is 0. The second kappa shape index (κ2) is 5.72. The topological polar surface area (TPSA) is 96.4 Å². The highest BCUT2D eigenvalue weighted by Crippen LogP contribution is 2.18. The first-order valence-electron chi connectivity index (χ1n) is 6.39. The van der Waals surface area contributed by atoms with Crippen LogP contribution in [0.3, 0.4) is 0 Å². The Balaban J connectivity index is 1.90. The number of aliphatic hydroxyl groups is 1. The first-order chi connectivity index (χ1) is 8.97. The Hall–Kier alpha value is -1.38. The largest absolute Gasteiger partial charge is 0.480 e. The molecular weight excluding hydrogens is 252 g/mol. The highest BCUT2D eigenvalue weighted by atomic mass is 16.4. The molecule has 0 radical (unpaired) electrons. The van der Waals surface area contributed by atoms with Crippen molar-refractivity contribution in [3.8, 4) is 0 Å². The van der Waals surface area contributed by atoms with Crippen molar-refractivity contribution >= 4 is 12.0 Å². The van der Waals surface area contributed by atoms with Crippen molar-refractivity contribution in [3.63, 3.8) is 0 Å². The van der Waals surface area contributed by atoms with Crippen LogP contribution in [-0.4, -0.2) is 88.9 Å². The van der Waals surface area contributed by atoms with Gasteiger partial charge in [0.25, 0.3) is 0 Å². The number of nitrogens with one attached hydrogen (secondary N) is 1. The van der Waals surface area contributed by atoms with E-state index in [2.05, 4.69) is 10.3 Å². The van der Waals surface area contributed by atoms with Crippen LogP contribution in [0.4, 0.5) is 4.79 Å². The maximum atomic E-state index is 12.0. The lowest BCUT2D eigenvalue weighted by molar-refractivity contribution is -0.141. The Morgan fingerprint density at radius 3 is 2.42 bits per heavy atom. The molecule has 0 aromatic heterocycles. The molecule has 2 fully saturated rings. The first-order valence-corrected chi connectivity index (χ1v) is 6.39. The predicted octanol–water partition coefficient (Wildman–Crippen LogP) is -1.62. The average Bonchev–Trinajstić information content (AvgIpc) is 2.74. The number of rotatable bonds is 2. The quantitative estimate of drug-likeness (QED) is 0.559. The third kappa shape index (κ3) is 3.34. The average molecular weight is 272 g/mol. The molecule has 19 heavy (non-hydrogen) atoms. The van der Waals surface area contributed by atoms with Gasteiger partial charge in [0.15, 0.2) is 0 Å². The summed E-state index contributed by atoms with van der Waals surface area (Å²) < 4.78 is 0. The van der Waals surface area contributed by atoms with Crippen molar-refractivity contribution in [2.45, 2.75) is 18.6 Å². The molecule has 0 aromatic carbocycles. The zero-order chi connectivity index (χ0) is 14.0. The number of likely N-dealkylation sites (tertiary alicyclic amines) is 1. The number of carbonyl (C=O) groups is 2. The maximum Gasteiger partial charge on any atom is 0.332 e. The number of likely N-dealkylation sites (N-methyl/N-ethyl adjacent to an activating group) is 1. The molecule has 8 nitrogen and oxygen atoms in total. The van der Waals surface area contributed by atoms with Gasteiger partial charge in [-0.15, -0.1) is 0 Å². The molecule has 2 aliphatic rings. The van der Waals surface area contributed by atoms with Crippen molar-refractivity contribution in [1.29, 1.82) is 0 Å². The van der Waals surface area contributed by atoms with E-state index in [1.54, 1.807) is 5.01 Å². The van der Waals surface area contributed by atoms with Gasteiger partial charge in [0.2, 0.25) is 0 Å². The van der Waals surface area contributed by atoms with E-state index in [4.69, 9.17) is 5.11 Å². The Kier molecular flexibility index (Phi) is 4.23. The van der Waals surface area contributed by atoms with Gasteiger partial charge >= 0.3 is 12.0 Å². The summed E-state index contributed by atoms with van der Waals surface area (Å²) in [4.78, 5) is 26.4. The minimum Gasteiger partial charge on any atom is -0.480 e. The highest BCUT2D eigenvalue weighted by molar-refractivity contribution is 5.83. The smallest absolute Gasteiger partial charge is 0.332 e. The number of β-amino-alcohol motifs (C(OH)–C–C–N with tert-alkyl or cyclic N) is 1. The summed E-state index contributed by atoms with van der Waals surface area (Å²) in [5.74, 6) is -1.08. The fraction of sp³-hybridized carbons (Fsp3) is 0.818. The Labute approximate surface area is 111 Å². The molecule has 2 unspecified atom stereocenters. The van der Waals surface area contributed by atoms with Crippen LogP contribution in [0.1, 0.15) is 6.42 Å². The van der Waals surface area contributed by atoms with Gasteiger partial charge in [0, 0.05) is 39.1 Å². The van der Waals surface area contributed by atoms with Crippen molar-refractivity contribution < 1.29 is 19.8 Å². The first kappa shape index (κ1) is 14.0. The van der Waals surface area contributed by atoms with Gasteiger partial charge in [0.05, 0.1) is 6.10 Å². The van der Waals surface area contributed by atoms with Gasteiger partial charge in [-0.1, -0.05) is 0 Å². The Bertz CT molecular complexity index is 357. The molecule has 2 rings (SSSR count). The standard InChI is InChI=1S/C11H20N4O4/c1-13-2-4-14(5-3-13)12-11(19)15-7-8(16)6-9(15)10(17)18/h8-9,16H,2-7H2,1H3,(H,12,19)(H,17,18). The molecule has 0 aliphatic carbocycles. The number of aliphatic carboxylic acids is 1. The fourth-order valence-corrected chi connectivity index (χ4v) is 2.39. The van der Waals surface area contributed by atoms with Crippen LogP contribution < -0.4 is 5.43 Å². The predicted molar refractivity (Wildman–Crippen MR) is 66.4 cm³/mol. The SMILES string of the molecule is CN1CCN(NC(=O)N2CC(O)CC2C(=O)O)CC1. The number of hydrazine groups is 1. The number of aliphatic hydroxyl groups excluding tert-OH is 1. The van der Waals surface area contributed by atoms with Crippen LogP contribution in [0.15, 0.2) is 0 Å². The summed E-state index contributed by atoms with van der Waals surface area (Å²) in [6, 6.07) is -1.39. The van der Waals surface area contributed by atoms with E-state index < -0.39 is 24.1 Å². The van der Waals surface area contributed by atoms with Crippen molar-refractivity contribution in [2.75, 3.05) is 39.8 Å². The van der Waals surface area contributed by atoms with E-state index in [0.717, 1.165) is 13.1 Å². The number of urea groups is 1. The number of carboxylic acid groups (broad SMARTS) is 1. The molecule has 3 N–H and O–H groups in total. The lowest BCUT2D eigenvalue weighted by Crippen LogP contribution is -2.57. The molecule has 2 atom stereocenters. The van der Waals surface area contributed by atoms with Gasteiger partial charge in [0.1, 0.15) is 6.04 Å². The highest BCUT2D eigenvalue weighted by Gasteiger charge is 2.39. The molecule has 108 valence electrons. The van der Waals surface area contributed by atoms with Gasteiger partial charge in [-0.25, -0.2) is 14.6 Å². The lowest BCUT2D eigenvalue weighted by Gasteiger charge is -2.34. The van der Waals surface area contributed by atoms with Crippen LogP contribution >= 0.6 is 0 Å². The molecule has 0 aromatic rings. The van der Waals surface area contributed by atoms with E-state index in [9.17, 15) is 14.7 Å². The summed E-state index contributed by atoms with van der Waals surface area (Å²) in [6.45, 7) is 3.18. The number of carboxylic acids is 1. The molecular formula is C11H20N4O4. The van der Waals surface area contributed by atoms with Crippen LogP contribution in [0.5, 0.6) is 0 Å². The van der Waals surface area contributed by atoms with Gasteiger partial charge in [-0.3, -0.25) is 5.43 Å². The van der Waals surface area contributed by atoms with Gasteiger partial charge in [-0.05, 0) is 7.05 Å². The molecule has 2 amide bonds. The van der Waals surface area contributed by atoms with E-state index in [-0.39, 0.29) is 13.0 Å². The maximum absolute atomic E-state index is 12.0.